The number of nitrogens with two attached hydrogens (primary N) is 1. The first-order valence-electron chi connectivity index (χ1n) is 7.81. The highest BCUT2D eigenvalue weighted by Gasteiger charge is 2.43. The molecule has 2 aliphatic rings. The lowest BCUT2D eigenvalue weighted by molar-refractivity contribution is -0.143. The predicted octanol–water partition coefficient (Wildman–Crippen LogP) is 1.66. The van der Waals surface area contributed by atoms with Gasteiger partial charge in [0.1, 0.15) is 0 Å². The standard InChI is InChI=1S/C15H28N2O2/c1-2-5-13(16)10-14(18)17-9-8-15(19)7-4-3-6-12(15)11-17/h12-13,19H,2-11,16H2,1H3. The number of amides is 1. The normalized spacial score (nSPS) is 32.8. The van der Waals surface area contributed by atoms with E-state index < -0.39 is 5.60 Å². The highest BCUT2D eigenvalue weighted by Crippen LogP contribution is 2.39. The van der Waals surface area contributed by atoms with Crippen molar-refractivity contribution in [2.75, 3.05) is 13.1 Å². The number of carbonyl (C=O) groups is 1. The molecule has 4 heteroatoms. The summed E-state index contributed by atoms with van der Waals surface area (Å²) >= 11 is 0. The molecule has 0 aromatic heterocycles. The summed E-state index contributed by atoms with van der Waals surface area (Å²) in [5.74, 6) is 0.454. The number of piperidine rings is 1. The number of hydrogen-bond acceptors (Lipinski definition) is 3. The van der Waals surface area contributed by atoms with Gasteiger partial charge in [-0.1, -0.05) is 26.2 Å². The number of nitrogens with zero attached hydrogens (tertiary/aromatic N) is 1. The molecule has 0 spiro atoms. The fourth-order valence-electron chi connectivity index (χ4n) is 3.62. The summed E-state index contributed by atoms with van der Waals surface area (Å²) in [5.41, 5.74) is 5.45. The van der Waals surface area contributed by atoms with Gasteiger partial charge in [-0.25, -0.2) is 0 Å². The molecule has 1 saturated heterocycles. The van der Waals surface area contributed by atoms with Crippen LogP contribution in [0.25, 0.3) is 0 Å². The Morgan fingerprint density at radius 3 is 3.00 bits per heavy atom. The van der Waals surface area contributed by atoms with Crippen LogP contribution in [-0.2, 0) is 4.79 Å². The molecule has 110 valence electrons. The zero-order valence-electron chi connectivity index (χ0n) is 12.1. The van der Waals surface area contributed by atoms with Gasteiger partial charge in [0.05, 0.1) is 5.60 Å². The van der Waals surface area contributed by atoms with Gasteiger partial charge in [-0.2, -0.15) is 0 Å². The molecule has 2 fully saturated rings. The zero-order valence-corrected chi connectivity index (χ0v) is 12.1. The lowest BCUT2D eigenvalue weighted by Crippen LogP contribution is -2.55. The molecule has 0 radical (unpaired) electrons. The van der Waals surface area contributed by atoms with Crippen LogP contribution in [0.15, 0.2) is 0 Å². The van der Waals surface area contributed by atoms with Gasteiger partial charge in [-0.3, -0.25) is 4.79 Å². The van der Waals surface area contributed by atoms with Crippen LogP contribution in [0.4, 0.5) is 0 Å². The van der Waals surface area contributed by atoms with E-state index in [-0.39, 0.29) is 17.9 Å². The summed E-state index contributed by atoms with van der Waals surface area (Å²) in [5, 5.41) is 10.6. The highest BCUT2D eigenvalue weighted by molar-refractivity contribution is 5.77. The smallest absolute Gasteiger partial charge is 0.224 e. The van der Waals surface area contributed by atoms with Crippen molar-refractivity contribution in [2.45, 2.75) is 69.9 Å². The zero-order chi connectivity index (χ0) is 13.9. The number of hydrogen-bond donors (Lipinski definition) is 2. The van der Waals surface area contributed by atoms with E-state index in [1.54, 1.807) is 0 Å². The van der Waals surface area contributed by atoms with E-state index in [0.717, 1.165) is 45.1 Å². The van der Waals surface area contributed by atoms with E-state index >= 15 is 0 Å². The third-order valence-electron chi connectivity index (χ3n) is 4.88. The average molecular weight is 268 g/mol. The predicted molar refractivity (Wildman–Crippen MR) is 75.6 cm³/mol. The van der Waals surface area contributed by atoms with Gasteiger partial charge in [0.25, 0.3) is 0 Å². The van der Waals surface area contributed by atoms with Gasteiger partial charge in [-0.15, -0.1) is 0 Å². The first-order valence-corrected chi connectivity index (χ1v) is 7.81. The Balaban J connectivity index is 1.88. The van der Waals surface area contributed by atoms with Crippen LogP contribution in [0.2, 0.25) is 0 Å². The van der Waals surface area contributed by atoms with Crippen molar-refractivity contribution in [3.8, 4) is 0 Å². The van der Waals surface area contributed by atoms with Gasteiger partial charge in [-0.05, 0) is 25.7 Å². The molecule has 1 heterocycles. The number of likely N-dealkylation sites (tertiary alicyclic amines) is 1. The molecule has 0 aromatic rings. The van der Waals surface area contributed by atoms with Crippen LogP contribution < -0.4 is 5.73 Å². The minimum Gasteiger partial charge on any atom is -0.389 e. The first kappa shape index (κ1) is 14.8. The molecule has 0 aromatic carbocycles. The van der Waals surface area contributed by atoms with Gasteiger partial charge < -0.3 is 15.7 Å². The van der Waals surface area contributed by atoms with Crippen molar-refractivity contribution in [2.24, 2.45) is 11.7 Å². The summed E-state index contributed by atoms with van der Waals surface area (Å²) in [6, 6.07) is -0.00957. The molecule has 2 rings (SSSR count). The molecule has 4 nitrogen and oxygen atoms in total. The largest absolute Gasteiger partial charge is 0.389 e. The fraction of sp³-hybridized carbons (Fsp3) is 0.933. The molecule has 3 atom stereocenters. The van der Waals surface area contributed by atoms with Crippen molar-refractivity contribution < 1.29 is 9.90 Å². The summed E-state index contributed by atoms with van der Waals surface area (Å²) in [4.78, 5) is 14.2. The lowest BCUT2D eigenvalue weighted by atomic mass is 9.71. The van der Waals surface area contributed by atoms with E-state index in [9.17, 15) is 9.90 Å². The Kier molecular flexibility index (Phi) is 4.85. The average Bonchev–Trinajstić information content (AvgIpc) is 2.37. The Hall–Kier alpha value is -0.610. The summed E-state index contributed by atoms with van der Waals surface area (Å²) in [6.45, 7) is 3.52. The van der Waals surface area contributed by atoms with Crippen LogP contribution in [0, 0.1) is 5.92 Å². The minimum atomic E-state index is -0.499. The Morgan fingerprint density at radius 1 is 1.47 bits per heavy atom. The monoisotopic (exact) mass is 268 g/mol. The van der Waals surface area contributed by atoms with E-state index in [0.29, 0.717) is 13.0 Å². The molecular formula is C15H28N2O2. The molecule has 1 amide bonds. The SMILES string of the molecule is CCCC(N)CC(=O)N1CCC2(O)CCCCC2C1. The number of rotatable bonds is 4. The highest BCUT2D eigenvalue weighted by atomic mass is 16.3. The van der Waals surface area contributed by atoms with E-state index in [2.05, 4.69) is 6.92 Å². The molecule has 3 unspecified atom stereocenters. The molecule has 3 N–H and O–H groups in total. The maximum atomic E-state index is 12.2. The number of aliphatic hydroxyl groups is 1. The molecule has 1 saturated carbocycles. The van der Waals surface area contributed by atoms with Crippen molar-refractivity contribution in [1.82, 2.24) is 4.90 Å². The Bertz CT molecular complexity index is 321. The van der Waals surface area contributed by atoms with Crippen molar-refractivity contribution in [1.29, 1.82) is 0 Å². The lowest BCUT2D eigenvalue weighted by Gasteiger charge is -2.47. The molecular weight excluding hydrogens is 240 g/mol. The summed E-state index contributed by atoms with van der Waals surface area (Å²) in [7, 11) is 0. The topological polar surface area (TPSA) is 66.6 Å². The van der Waals surface area contributed by atoms with Gasteiger partial charge in [0.2, 0.25) is 5.91 Å². The molecule has 0 bridgehead atoms. The summed E-state index contributed by atoms with van der Waals surface area (Å²) < 4.78 is 0. The van der Waals surface area contributed by atoms with Crippen molar-refractivity contribution >= 4 is 5.91 Å². The van der Waals surface area contributed by atoms with Crippen LogP contribution in [0.3, 0.4) is 0 Å². The second-order valence-electron chi connectivity index (χ2n) is 6.39. The van der Waals surface area contributed by atoms with Crippen LogP contribution >= 0.6 is 0 Å². The maximum absolute atomic E-state index is 12.2. The van der Waals surface area contributed by atoms with Crippen LogP contribution in [0.5, 0.6) is 0 Å². The van der Waals surface area contributed by atoms with Crippen LogP contribution in [0.1, 0.15) is 58.3 Å². The van der Waals surface area contributed by atoms with Gasteiger partial charge >= 0.3 is 0 Å². The third kappa shape index (κ3) is 3.48. The third-order valence-corrected chi connectivity index (χ3v) is 4.88. The van der Waals surface area contributed by atoms with Gasteiger partial charge in [0.15, 0.2) is 0 Å². The number of carbonyl (C=O) groups excluding carboxylic acids is 1. The first-order chi connectivity index (χ1) is 9.05. The fourth-order valence-corrected chi connectivity index (χ4v) is 3.62. The number of fused-ring (bicyclic) bond motifs is 1. The molecule has 1 aliphatic carbocycles. The second kappa shape index (κ2) is 6.23. The molecule has 1 aliphatic heterocycles. The summed E-state index contributed by atoms with van der Waals surface area (Å²) in [6.07, 6.45) is 7.41. The van der Waals surface area contributed by atoms with E-state index in [4.69, 9.17) is 5.73 Å². The second-order valence-corrected chi connectivity index (χ2v) is 6.39. The Morgan fingerprint density at radius 2 is 2.26 bits per heavy atom. The van der Waals surface area contributed by atoms with Crippen molar-refractivity contribution in [3.63, 3.8) is 0 Å². The Labute approximate surface area is 116 Å². The molecule has 19 heavy (non-hydrogen) atoms. The minimum absolute atomic E-state index is 0.00957. The van der Waals surface area contributed by atoms with E-state index in [1.165, 1.54) is 6.42 Å². The van der Waals surface area contributed by atoms with Gasteiger partial charge in [0, 0.05) is 31.5 Å². The van der Waals surface area contributed by atoms with E-state index in [1.807, 2.05) is 4.90 Å². The van der Waals surface area contributed by atoms with Crippen molar-refractivity contribution in [3.05, 3.63) is 0 Å². The van der Waals surface area contributed by atoms with Crippen LogP contribution in [-0.4, -0.2) is 40.6 Å². The quantitative estimate of drug-likeness (QED) is 0.815. The maximum Gasteiger partial charge on any atom is 0.224 e.